The molecule has 2 unspecified atom stereocenters. The van der Waals surface area contributed by atoms with Gasteiger partial charge in [0, 0.05) is 26.6 Å². The second-order valence-electron chi connectivity index (χ2n) is 2.94. The molecule has 0 radical (unpaired) electrons. The fourth-order valence-electron chi connectivity index (χ4n) is 1.30. The molecule has 0 aliphatic carbocycles. The molecule has 2 nitrogen and oxygen atoms in total. The smallest absolute Gasteiger partial charge is 0.221 e. The molecule has 0 aromatic rings. The fourth-order valence-corrected chi connectivity index (χ4v) is 1.30. The summed E-state index contributed by atoms with van der Waals surface area (Å²) in [6.07, 6.45) is 2.17. The average Bonchev–Trinajstić information content (AvgIpc) is 2.40. The summed E-state index contributed by atoms with van der Waals surface area (Å²) in [6, 6.07) is 0.187. The van der Waals surface area contributed by atoms with Gasteiger partial charge in [-0.1, -0.05) is 0 Å². The largest absolute Gasteiger partial charge is 0.381 e. The molecule has 2 atom stereocenters. The molecule has 0 bridgehead atoms. The van der Waals surface area contributed by atoms with Gasteiger partial charge in [0.1, 0.15) is 0 Å². The Morgan fingerprint density at radius 3 is 3.10 bits per heavy atom. The summed E-state index contributed by atoms with van der Waals surface area (Å²) in [7, 11) is 0. The Labute approximate surface area is 62.0 Å². The van der Waals surface area contributed by atoms with Crippen molar-refractivity contribution in [1.29, 1.82) is 0 Å². The van der Waals surface area contributed by atoms with E-state index in [-0.39, 0.29) is 6.04 Å². The molecule has 0 saturated carbocycles. The Bertz CT molecular complexity index is 133. The van der Waals surface area contributed by atoms with Crippen molar-refractivity contribution in [2.75, 3.05) is 13.2 Å². The Morgan fingerprint density at radius 2 is 2.60 bits per heavy atom. The molecule has 2 heteroatoms. The minimum Gasteiger partial charge on any atom is -0.381 e. The summed E-state index contributed by atoms with van der Waals surface area (Å²) < 4.78 is 5.20. The van der Waals surface area contributed by atoms with Gasteiger partial charge in [-0.05, 0) is 12.3 Å². The lowest BCUT2D eigenvalue weighted by molar-refractivity contribution is 0.183. The predicted octanol–water partition coefficient (Wildman–Crippen LogP) is 1.72. The molecule has 1 saturated heterocycles. The van der Waals surface area contributed by atoms with Crippen molar-refractivity contribution in [3.05, 3.63) is 11.4 Å². The van der Waals surface area contributed by atoms with Gasteiger partial charge in [0.05, 0.1) is 0 Å². The van der Waals surface area contributed by atoms with Crippen LogP contribution in [0.4, 0.5) is 0 Å². The summed E-state index contributed by atoms with van der Waals surface area (Å²) >= 11 is 0. The van der Waals surface area contributed by atoms with Crippen molar-refractivity contribution in [2.24, 2.45) is 5.92 Å². The Balaban J connectivity index is 2.19. The third-order valence-electron chi connectivity index (χ3n) is 1.92. The monoisotopic (exact) mass is 139 g/mol. The molecule has 1 aliphatic rings. The van der Waals surface area contributed by atoms with Crippen molar-refractivity contribution in [2.45, 2.75) is 25.8 Å². The van der Waals surface area contributed by atoms with Crippen molar-refractivity contribution >= 4 is 0 Å². The molecule has 1 fully saturated rings. The highest BCUT2D eigenvalue weighted by Crippen LogP contribution is 2.18. The minimum absolute atomic E-state index is 0.187. The SMILES string of the molecule is [C-]#[N+]C(C)CC1CCOC1. The first-order valence-electron chi connectivity index (χ1n) is 3.77. The minimum atomic E-state index is 0.187. The van der Waals surface area contributed by atoms with Crippen LogP contribution in [0.25, 0.3) is 4.85 Å². The topological polar surface area (TPSA) is 13.6 Å². The van der Waals surface area contributed by atoms with E-state index in [0.717, 1.165) is 26.1 Å². The van der Waals surface area contributed by atoms with E-state index < -0.39 is 0 Å². The van der Waals surface area contributed by atoms with Crippen LogP contribution in [0.2, 0.25) is 0 Å². The summed E-state index contributed by atoms with van der Waals surface area (Å²) in [5.41, 5.74) is 0. The predicted molar refractivity (Wildman–Crippen MR) is 39.6 cm³/mol. The Hall–Kier alpha value is -0.550. The van der Waals surface area contributed by atoms with E-state index in [1.165, 1.54) is 0 Å². The van der Waals surface area contributed by atoms with Crippen LogP contribution in [0.15, 0.2) is 0 Å². The van der Waals surface area contributed by atoms with Gasteiger partial charge in [-0.15, -0.1) is 0 Å². The molecule has 1 heterocycles. The molecule has 0 spiro atoms. The number of rotatable bonds is 2. The van der Waals surface area contributed by atoms with Crippen LogP contribution in [-0.4, -0.2) is 19.3 Å². The average molecular weight is 139 g/mol. The third kappa shape index (κ3) is 2.00. The number of ether oxygens (including phenoxy) is 1. The lowest BCUT2D eigenvalue weighted by Gasteiger charge is -2.04. The number of hydrogen-bond acceptors (Lipinski definition) is 1. The molecular weight excluding hydrogens is 126 g/mol. The number of nitrogens with zero attached hydrogens (tertiary/aromatic N) is 1. The van der Waals surface area contributed by atoms with Gasteiger partial charge in [-0.3, -0.25) is 0 Å². The molecule has 0 aromatic carbocycles. The highest BCUT2D eigenvalue weighted by atomic mass is 16.5. The zero-order valence-electron chi connectivity index (χ0n) is 6.34. The van der Waals surface area contributed by atoms with Crippen LogP contribution in [-0.2, 0) is 4.74 Å². The molecule has 1 aliphatic heterocycles. The summed E-state index contributed by atoms with van der Waals surface area (Å²) in [5, 5.41) is 0. The van der Waals surface area contributed by atoms with E-state index in [1.807, 2.05) is 6.92 Å². The maximum absolute atomic E-state index is 6.76. The van der Waals surface area contributed by atoms with Gasteiger partial charge < -0.3 is 9.58 Å². The van der Waals surface area contributed by atoms with E-state index in [1.54, 1.807) is 0 Å². The number of hydrogen-bond donors (Lipinski definition) is 0. The first-order valence-corrected chi connectivity index (χ1v) is 3.77. The van der Waals surface area contributed by atoms with E-state index in [4.69, 9.17) is 11.3 Å². The van der Waals surface area contributed by atoms with Crippen LogP contribution in [0, 0.1) is 12.5 Å². The first kappa shape index (κ1) is 7.56. The zero-order valence-corrected chi connectivity index (χ0v) is 6.34. The maximum atomic E-state index is 6.76. The normalized spacial score (nSPS) is 27.8. The first-order chi connectivity index (χ1) is 4.83. The van der Waals surface area contributed by atoms with Crippen LogP contribution in [0.5, 0.6) is 0 Å². The molecule has 0 N–H and O–H groups in total. The molecule has 10 heavy (non-hydrogen) atoms. The quantitative estimate of drug-likeness (QED) is 0.531. The second kappa shape index (κ2) is 3.58. The van der Waals surface area contributed by atoms with Crippen molar-refractivity contribution in [3.8, 4) is 0 Å². The van der Waals surface area contributed by atoms with Crippen LogP contribution in [0.3, 0.4) is 0 Å². The maximum Gasteiger partial charge on any atom is 0.221 e. The van der Waals surface area contributed by atoms with Gasteiger partial charge in [-0.2, -0.15) is 0 Å². The molecule has 1 rings (SSSR count). The fraction of sp³-hybridized carbons (Fsp3) is 0.875. The summed E-state index contributed by atoms with van der Waals surface area (Å²) in [6.45, 7) is 10.5. The van der Waals surface area contributed by atoms with E-state index >= 15 is 0 Å². The van der Waals surface area contributed by atoms with Crippen molar-refractivity contribution < 1.29 is 4.74 Å². The molecular formula is C8H13NO. The van der Waals surface area contributed by atoms with E-state index in [0.29, 0.717) is 5.92 Å². The lowest BCUT2D eigenvalue weighted by atomic mass is 10.0. The Kier molecular flexibility index (Phi) is 2.70. The van der Waals surface area contributed by atoms with Gasteiger partial charge in [0.15, 0.2) is 0 Å². The van der Waals surface area contributed by atoms with Crippen LogP contribution < -0.4 is 0 Å². The second-order valence-corrected chi connectivity index (χ2v) is 2.94. The van der Waals surface area contributed by atoms with Crippen molar-refractivity contribution in [3.63, 3.8) is 0 Å². The summed E-state index contributed by atoms with van der Waals surface area (Å²) in [5.74, 6) is 0.657. The van der Waals surface area contributed by atoms with Crippen molar-refractivity contribution in [1.82, 2.24) is 0 Å². The van der Waals surface area contributed by atoms with Gasteiger partial charge in [0.2, 0.25) is 6.04 Å². The Morgan fingerprint density at radius 1 is 1.80 bits per heavy atom. The zero-order chi connectivity index (χ0) is 7.40. The summed E-state index contributed by atoms with van der Waals surface area (Å²) in [4.78, 5) is 3.45. The standard InChI is InChI=1S/C8H13NO/c1-7(9-2)5-8-3-4-10-6-8/h7-8H,3-6H2,1H3. The van der Waals surface area contributed by atoms with Gasteiger partial charge >= 0.3 is 0 Å². The van der Waals surface area contributed by atoms with E-state index in [2.05, 4.69) is 4.85 Å². The van der Waals surface area contributed by atoms with Crippen LogP contribution >= 0.6 is 0 Å². The molecule has 0 amide bonds. The molecule has 56 valence electrons. The lowest BCUT2D eigenvalue weighted by Crippen LogP contribution is -2.06. The third-order valence-corrected chi connectivity index (χ3v) is 1.92. The molecule has 0 aromatic heterocycles. The van der Waals surface area contributed by atoms with Gasteiger partial charge in [-0.25, -0.2) is 6.57 Å². The van der Waals surface area contributed by atoms with Gasteiger partial charge in [0.25, 0.3) is 0 Å². The highest BCUT2D eigenvalue weighted by molar-refractivity contribution is 4.78. The highest BCUT2D eigenvalue weighted by Gasteiger charge is 2.20. The van der Waals surface area contributed by atoms with Crippen LogP contribution in [0.1, 0.15) is 19.8 Å². The van der Waals surface area contributed by atoms with E-state index in [9.17, 15) is 0 Å².